The van der Waals surface area contributed by atoms with E-state index in [1.54, 1.807) is 29.9 Å². The van der Waals surface area contributed by atoms with Gasteiger partial charge in [0.15, 0.2) is 25.2 Å². The molecule has 0 saturated carbocycles. The molecule has 3 rings (SSSR count). The third-order valence-electron chi connectivity index (χ3n) is 4.09. The first-order valence-corrected chi connectivity index (χ1v) is 7.43. The lowest BCUT2D eigenvalue weighted by Crippen LogP contribution is -2.35. The molecular formula is C18H17F3N2O+2. The lowest BCUT2D eigenvalue weighted by atomic mass is 9.99. The van der Waals surface area contributed by atoms with Gasteiger partial charge in [-0.05, 0) is 17.7 Å². The summed E-state index contributed by atoms with van der Waals surface area (Å²) in [6.45, 7) is 3.68. The second-order valence-corrected chi connectivity index (χ2v) is 5.67. The minimum atomic E-state index is -4.43. The van der Waals surface area contributed by atoms with Crippen molar-refractivity contribution in [3.05, 3.63) is 65.7 Å². The summed E-state index contributed by atoms with van der Waals surface area (Å²) in [5.41, 5.74) is 2.50. The van der Waals surface area contributed by atoms with E-state index in [-0.39, 0.29) is 0 Å². The van der Waals surface area contributed by atoms with Gasteiger partial charge in [-0.2, -0.15) is 17.7 Å². The number of hydrogen-bond acceptors (Lipinski definition) is 1. The van der Waals surface area contributed by atoms with Crippen LogP contribution in [0.15, 0.2) is 53.4 Å². The van der Waals surface area contributed by atoms with Crippen LogP contribution in [0.25, 0.3) is 16.9 Å². The lowest BCUT2D eigenvalue weighted by molar-refractivity contribution is -0.836. The molecule has 0 atom stereocenters. The van der Waals surface area contributed by atoms with Crippen molar-refractivity contribution in [3.63, 3.8) is 0 Å². The molecule has 0 unspecified atom stereocenters. The quantitative estimate of drug-likeness (QED) is 0.655. The Labute approximate surface area is 137 Å². The molecular weight excluding hydrogens is 317 g/mol. The van der Waals surface area contributed by atoms with Crippen molar-refractivity contribution in [1.29, 1.82) is 0 Å². The van der Waals surface area contributed by atoms with Crippen molar-refractivity contribution < 1.29 is 27.0 Å². The van der Waals surface area contributed by atoms with Crippen molar-refractivity contribution in [2.45, 2.75) is 20.0 Å². The fourth-order valence-electron chi connectivity index (χ4n) is 2.78. The maximum Gasteiger partial charge on any atom is 0.416 e. The number of hydrogen-bond donors (Lipinski definition) is 0. The highest BCUT2D eigenvalue weighted by Gasteiger charge is 2.35. The van der Waals surface area contributed by atoms with Crippen molar-refractivity contribution in [2.24, 2.45) is 7.05 Å². The molecule has 124 valence electrons. The SMILES string of the molecule is Cc1c(-c2cco[n+]2C)cc(C(F)(F)F)cc1-[n+]1ccccc1C. The zero-order chi connectivity index (χ0) is 17.5. The van der Waals surface area contributed by atoms with Crippen LogP contribution in [0.3, 0.4) is 0 Å². The van der Waals surface area contributed by atoms with Crippen molar-refractivity contribution >= 4 is 0 Å². The van der Waals surface area contributed by atoms with Gasteiger partial charge in [-0.3, -0.25) is 0 Å². The first-order chi connectivity index (χ1) is 11.3. The Balaban J connectivity index is 2.34. The van der Waals surface area contributed by atoms with Gasteiger partial charge in [0.1, 0.15) is 0 Å². The molecule has 0 aliphatic heterocycles. The van der Waals surface area contributed by atoms with Crippen LogP contribution < -0.4 is 9.31 Å². The van der Waals surface area contributed by atoms with Gasteiger partial charge in [0.2, 0.25) is 5.69 Å². The predicted molar refractivity (Wildman–Crippen MR) is 81.3 cm³/mol. The van der Waals surface area contributed by atoms with E-state index in [1.165, 1.54) is 23.1 Å². The highest BCUT2D eigenvalue weighted by molar-refractivity contribution is 5.66. The van der Waals surface area contributed by atoms with Gasteiger partial charge in [0.05, 0.1) is 17.2 Å². The van der Waals surface area contributed by atoms with Crippen molar-refractivity contribution in [1.82, 2.24) is 0 Å². The molecule has 0 amide bonds. The van der Waals surface area contributed by atoms with Gasteiger partial charge in [0, 0.05) is 30.7 Å². The minimum absolute atomic E-state index is 0.492. The van der Waals surface area contributed by atoms with Gasteiger partial charge >= 0.3 is 6.18 Å². The number of aryl methyl sites for hydroxylation is 2. The molecule has 0 spiro atoms. The van der Waals surface area contributed by atoms with Gasteiger partial charge in [-0.15, -0.1) is 0 Å². The highest BCUT2D eigenvalue weighted by Crippen LogP contribution is 2.35. The van der Waals surface area contributed by atoms with E-state index in [4.69, 9.17) is 4.52 Å². The number of rotatable bonds is 2. The van der Waals surface area contributed by atoms with E-state index in [0.29, 0.717) is 16.9 Å². The Morgan fingerprint density at radius 2 is 1.79 bits per heavy atom. The Bertz CT molecular complexity index is 898. The summed E-state index contributed by atoms with van der Waals surface area (Å²) in [5, 5.41) is 0. The van der Waals surface area contributed by atoms with Crippen molar-refractivity contribution in [3.8, 4) is 16.9 Å². The number of pyridine rings is 1. The third kappa shape index (κ3) is 2.79. The van der Waals surface area contributed by atoms with Crippen LogP contribution in [-0.4, -0.2) is 0 Å². The molecule has 0 bridgehead atoms. The molecule has 0 aliphatic rings. The highest BCUT2D eigenvalue weighted by atomic mass is 19.4. The summed E-state index contributed by atoms with van der Waals surface area (Å²) in [4.78, 5) is 0. The second kappa shape index (κ2) is 5.78. The molecule has 0 radical (unpaired) electrons. The fourth-order valence-corrected chi connectivity index (χ4v) is 2.78. The van der Waals surface area contributed by atoms with Crippen LogP contribution in [-0.2, 0) is 13.2 Å². The number of halogens is 3. The minimum Gasteiger partial charge on any atom is -0.244 e. The van der Waals surface area contributed by atoms with Crippen LogP contribution >= 0.6 is 0 Å². The Morgan fingerprint density at radius 1 is 1.04 bits per heavy atom. The largest absolute Gasteiger partial charge is 0.416 e. The summed E-state index contributed by atoms with van der Waals surface area (Å²) in [6, 6.07) is 9.52. The van der Waals surface area contributed by atoms with E-state index in [2.05, 4.69) is 0 Å². The molecule has 2 heterocycles. The van der Waals surface area contributed by atoms with Gasteiger partial charge in [0.25, 0.3) is 5.69 Å². The zero-order valence-electron chi connectivity index (χ0n) is 13.6. The monoisotopic (exact) mass is 334 g/mol. The van der Waals surface area contributed by atoms with Crippen LogP contribution in [0.5, 0.6) is 0 Å². The van der Waals surface area contributed by atoms with E-state index >= 15 is 0 Å². The summed E-state index contributed by atoms with van der Waals surface area (Å²) >= 11 is 0. The van der Waals surface area contributed by atoms with Crippen LogP contribution in [0.1, 0.15) is 16.8 Å². The molecule has 6 heteroatoms. The molecule has 0 fully saturated rings. The Hall–Kier alpha value is -2.63. The average molecular weight is 334 g/mol. The van der Waals surface area contributed by atoms with Gasteiger partial charge in [-0.1, -0.05) is 6.07 Å². The van der Waals surface area contributed by atoms with Gasteiger partial charge < -0.3 is 0 Å². The van der Waals surface area contributed by atoms with E-state index in [0.717, 1.165) is 11.3 Å². The smallest absolute Gasteiger partial charge is 0.244 e. The molecule has 1 aromatic carbocycles. The third-order valence-corrected chi connectivity index (χ3v) is 4.09. The fraction of sp³-hybridized carbons (Fsp3) is 0.222. The first kappa shape index (κ1) is 16.2. The summed E-state index contributed by atoms with van der Waals surface area (Å²) in [6.07, 6.45) is -1.21. The second-order valence-electron chi connectivity index (χ2n) is 5.67. The molecule has 3 nitrogen and oxygen atoms in total. The molecule has 24 heavy (non-hydrogen) atoms. The number of alkyl halides is 3. The van der Waals surface area contributed by atoms with Crippen LogP contribution in [0, 0.1) is 13.8 Å². The molecule has 0 aliphatic carbocycles. The number of aromatic nitrogens is 2. The predicted octanol–water partition coefficient (Wildman–Crippen LogP) is 3.68. The molecule has 0 saturated heterocycles. The summed E-state index contributed by atoms with van der Waals surface area (Å²) < 4.78 is 48.6. The first-order valence-electron chi connectivity index (χ1n) is 7.43. The van der Waals surface area contributed by atoms with Crippen molar-refractivity contribution in [2.75, 3.05) is 0 Å². The zero-order valence-corrected chi connectivity index (χ0v) is 13.6. The molecule has 2 aromatic heterocycles. The van der Waals surface area contributed by atoms with Crippen LogP contribution in [0.2, 0.25) is 0 Å². The summed E-state index contributed by atoms with van der Waals surface area (Å²) in [5.74, 6) is 0. The Morgan fingerprint density at radius 3 is 2.38 bits per heavy atom. The van der Waals surface area contributed by atoms with E-state index < -0.39 is 11.7 Å². The number of nitrogens with zero attached hydrogens (tertiary/aromatic N) is 2. The molecule has 3 aromatic rings. The normalized spacial score (nSPS) is 11.8. The lowest BCUT2D eigenvalue weighted by Gasteiger charge is -2.12. The van der Waals surface area contributed by atoms with Crippen LogP contribution in [0.4, 0.5) is 13.2 Å². The average Bonchev–Trinajstić information content (AvgIpc) is 2.93. The van der Waals surface area contributed by atoms with Gasteiger partial charge in [-0.25, -0.2) is 4.52 Å². The summed E-state index contributed by atoms with van der Waals surface area (Å²) in [7, 11) is 1.66. The topological polar surface area (TPSA) is 20.9 Å². The Kier molecular flexibility index (Phi) is 3.91. The standard InChI is InChI=1S/C18H17F3N2O/c1-12-6-4-5-8-23(12)17-11-14(18(19,20)21)10-15(13(17)2)16-7-9-24-22(16)3/h4-11H,1-3H3/q+2. The maximum atomic E-state index is 13.4. The molecule has 0 N–H and O–H groups in total. The maximum absolute atomic E-state index is 13.4. The van der Waals surface area contributed by atoms with E-state index in [9.17, 15) is 13.2 Å². The van der Waals surface area contributed by atoms with E-state index in [1.807, 2.05) is 26.0 Å². The number of benzene rings is 1.